The number of rotatable bonds is 1. The third-order valence-electron chi connectivity index (χ3n) is 4.35. The minimum atomic E-state index is -0.329. The lowest BCUT2D eigenvalue weighted by Gasteiger charge is -2.41. The highest BCUT2D eigenvalue weighted by Crippen LogP contribution is 2.41. The molecule has 1 atom stereocenters. The summed E-state index contributed by atoms with van der Waals surface area (Å²) >= 11 is 0. The van der Waals surface area contributed by atoms with Gasteiger partial charge in [-0.05, 0) is 44.7 Å². The second kappa shape index (κ2) is 4.97. The molecule has 0 bridgehead atoms. The molecule has 102 valence electrons. The molecular formula is C16H21NO2. The molecule has 1 heterocycles. The van der Waals surface area contributed by atoms with E-state index < -0.39 is 0 Å². The molecule has 19 heavy (non-hydrogen) atoms. The number of carbonyl (C=O) groups excluding carboxylic acids is 1. The largest absolute Gasteiger partial charge is 0.353 e. The Morgan fingerprint density at radius 1 is 1.21 bits per heavy atom. The van der Waals surface area contributed by atoms with E-state index in [-0.39, 0.29) is 17.7 Å². The van der Waals surface area contributed by atoms with E-state index >= 15 is 0 Å². The Bertz CT molecular complexity index is 446. The molecule has 1 saturated heterocycles. The molecule has 0 N–H and O–H groups in total. The van der Waals surface area contributed by atoms with Crippen LogP contribution in [0.4, 0.5) is 0 Å². The molecule has 1 spiro atoms. The summed E-state index contributed by atoms with van der Waals surface area (Å²) in [6, 6.07) is 9.74. The standard InChI is InChI=1S/C16H21NO2/c1-13-12-19-16(10-6-3-7-11-16)17(13)15(18)14-8-4-2-5-9-14/h2,4-5,8-9,13H,3,6-7,10-12H2,1H3. The number of amides is 1. The van der Waals surface area contributed by atoms with E-state index in [9.17, 15) is 4.79 Å². The van der Waals surface area contributed by atoms with Crippen molar-refractivity contribution in [3.63, 3.8) is 0 Å². The van der Waals surface area contributed by atoms with E-state index in [1.165, 1.54) is 6.42 Å². The van der Waals surface area contributed by atoms with Gasteiger partial charge in [0.05, 0.1) is 12.6 Å². The fraction of sp³-hybridized carbons (Fsp3) is 0.562. The molecule has 3 heteroatoms. The maximum Gasteiger partial charge on any atom is 0.256 e. The van der Waals surface area contributed by atoms with Gasteiger partial charge >= 0.3 is 0 Å². The van der Waals surface area contributed by atoms with E-state index in [1.54, 1.807) is 0 Å². The van der Waals surface area contributed by atoms with Crippen molar-refractivity contribution < 1.29 is 9.53 Å². The number of ether oxygens (including phenoxy) is 1. The maximum absolute atomic E-state index is 12.8. The van der Waals surface area contributed by atoms with Gasteiger partial charge in [-0.3, -0.25) is 4.79 Å². The van der Waals surface area contributed by atoms with Crippen molar-refractivity contribution in [3.8, 4) is 0 Å². The molecule has 1 aromatic rings. The molecule has 1 aliphatic carbocycles. The zero-order valence-electron chi connectivity index (χ0n) is 11.5. The van der Waals surface area contributed by atoms with Crippen LogP contribution < -0.4 is 0 Å². The third-order valence-corrected chi connectivity index (χ3v) is 4.35. The summed E-state index contributed by atoms with van der Waals surface area (Å²) in [4.78, 5) is 14.8. The Kier molecular flexibility index (Phi) is 3.31. The number of hydrogen-bond acceptors (Lipinski definition) is 2. The molecular weight excluding hydrogens is 238 g/mol. The summed E-state index contributed by atoms with van der Waals surface area (Å²) < 4.78 is 6.05. The van der Waals surface area contributed by atoms with Gasteiger partial charge in [-0.2, -0.15) is 0 Å². The summed E-state index contributed by atoms with van der Waals surface area (Å²) in [6.07, 6.45) is 5.54. The number of benzene rings is 1. The van der Waals surface area contributed by atoms with Crippen LogP contribution in [0.1, 0.15) is 49.4 Å². The zero-order chi connectivity index (χ0) is 13.3. The minimum absolute atomic E-state index is 0.118. The SMILES string of the molecule is CC1COC2(CCCCC2)N1C(=O)c1ccccc1. The first kappa shape index (κ1) is 12.7. The molecule has 1 amide bonds. The first-order valence-electron chi connectivity index (χ1n) is 7.26. The van der Waals surface area contributed by atoms with Gasteiger partial charge < -0.3 is 9.64 Å². The van der Waals surface area contributed by atoms with Crippen LogP contribution in [-0.2, 0) is 4.74 Å². The predicted molar refractivity (Wildman–Crippen MR) is 73.8 cm³/mol. The molecule has 0 radical (unpaired) electrons. The molecule has 0 aromatic heterocycles. The fourth-order valence-corrected chi connectivity index (χ4v) is 3.42. The first-order valence-corrected chi connectivity index (χ1v) is 7.26. The third kappa shape index (κ3) is 2.16. The molecule has 3 rings (SSSR count). The highest BCUT2D eigenvalue weighted by atomic mass is 16.5. The van der Waals surface area contributed by atoms with Gasteiger partial charge in [-0.25, -0.2) is 0 Å². The molecule has 1 unspecified atom stereocenters. The van der Waals surface area contributed by atoms with Crippen LogP contribution >= 0.6 is 0 Å². The van der Waals surface area contributed by atoms with Gasteiger partial charge in [-0.1, -0.05) is 24.6 Å². The molecule has 1 aliphatic heterocycles. The number of nitrogens with zero attached hydrogens (tertiary/aromatic N) is 1. The number of carbonyl (C=O) groups is 1. The van der Waals surface area contributed by atoms with Crippen LogP contribution in [0.3, 0.4) is 0 Å². The minimum Gasteiger partial charge on any atom is -0.353 e. The summed E-state index contributed by atoms with van der Waals surface area (Å²) in [5, 5.41) is 0. The van der Waals surface area contributed by atoms with Crippen LogP contribution in [-0.4, -0.2) is 29.2 Å². The Hall–Kier alpha value is -1.35. The summed E-state index contributed by atoms with van der Waals surface area (Å²) in [5.74, 6) is 0.118. The van der Waals surface area contributed by atoms with Crippen LogP contribution in [0.15, 0.2) is 30.3 Å². The number of hydrogen-bond donors (Lipinski definition) is 0. The Morgan fingerprint density at radius 3 is 2.58 bits per heavy atom. The van der Waals surface area contributed by atoms with Gasteiger partial charge in [0.1, 0.15) is 5.72 Å². The Balaban J connectivity index is 1.90. The van der Waals surface area contributed by atoms with Gasteiger partial charge in [0, 0.05) is 5.56 Å². The van der Waals surface area contributed by atoms with Crippen molar-refractivity contribution in [1.82, 2.24) is 4.90 Å². The van der Waals surface area contributed by atoms with Crippen LogP contribution in [0, 0.1) is 0 Å². The Morgan fingerprint density at radius 2 is 1.89 bits per heavy atom. The van der Waals surface area contributed by atoms with Gasteiger partial charge in [0.25, 0.3) is 5.91 Å². The van der Waals surface area contributed by atoms with Crippen molar-refractivity contribution in [3.05, 3.63) is 35.9 Å². The molecule has 1 aromatic carbocycles. The zero-order valence-corrected chi connectivity index (χ0v) is 11.5. The predicted octanol–water partition coefficient (Wildman–Crippen LogP) is 3.21. The lowest BCUT2D eigenvalue weighted by Crippen LogP contribution is -2.51. The van der Waals surface area contributed by atoms with E-state index in [2.05, 4.69) is 6.92 Å². The lowest BCUT2D eigenvalue weighted by molar-refractivity contribution is -0.0935. The normalized spacial score (nSPS) is 25.7. The van der Waals surface area contributed by atoms with E-state index in [4.69, 9.17) is 4.74 Å². The highest BCUT2D eigenvalue weighted by Gasteiger charge is 2.48. The molecule has 2 fully saturated rings. The highest BCUT2D eigenvalue weighted by molar-refractivity contribution is 5.95. The lowest BCUT2D eigenvalue weighted by atomic mass is 9.90. The summed E-state index contributed by atoms with van der Waals surface area (Å²) in [7, 11) is 0. The van der Waals surface area contributed by atoms with E-state index in [1.807, 2.05) is 35.2 Å². The van der Waals surface area contributed by atoms with E-state index in [0.717, 1.165) is 31.2 Å². The van der Waals surface area contributed by atoms with Crippen molar-refractivity contribution in [2.24, 2.45) is 0 Å². The van der Waals surface area contributed by atoms with Crippen LogP contribution in [0.25, 0.3) is 0 Å². The fourth-order valence-electron chi connectivity index (χ4n) is 3.42. The monoisotopic (exact) mass is 259 g/mol. The van der Waals surface area contributed by atoms with Crippen molar-refractivity contribution in [1.29, 1.82) is 0 Å². The van der Waals surface area contributed by atoms with E-state index in [0.29, 0.717) is 6.61 Å². The molecule has 1 saturated carbocycles. The second-order valence-electron chi connectivity index (χ2n) is 5.71. The van der Waals surface area contributed by atoms with Crippen molar-refractivity contribution >= 4 is 5.91 Å². The van der Waals surface area contributed by atoms with Crippen LogP contribution in [0.2, 0.25) is 0 Å². The maximum atomic E-state index is 12.8. The van der Waals surface area contributed by atoms with Crippen molar-refractivity contribution in [2.75, 3.05) is 6.61 Å². The summed E-state index contributed by atoms with van der Waals surface area (Å²) in [5.41, 5.74) is 0.440. The average molecular weight is 259 g/mol. The second-order valence-corrected chi connectivity index (χ2v) is 5.71. The smallest absolute Gasteiger partial charge is 0.256 e. The summed E-state index contributed by atoms with van der Waals surface area (Å²) in [6.45, 7) is 2.75. The average Bonchev–Trinajstić information content (AvgIpc) is 2.77. The van der Waals surface area contributed by atoms with Gasteiger partial charge in [-0.15, -0.1) is 0 Å². The molecule has 3 nitrogen and oxygen atoms in total. The molecule has 2 aliphatic rings. The first-order chi connectivity index (χ1) is 9.23. The Labute approximate surface area is 114 Å². The quantitative estimate of drug-likeness (QED) is 0.775. The van der Waals surface area contributed by atoms with Crippen LogP contribution in [0.5, 0.6) is 0 Å². The van der Waals surface area contributed by atoms with Crippen molar-refractivity contribution in [2.45, 2.75) is 50.8 Å². The topological polar surface area (TPSA) is 29.5 Å². The van der Waals surface area contributed by atoms with Gasteiger partial charge in [0.15, 0.2) is 0 Å². The van der Waals surface area contributed by atoms with Gasteiger partial charge in [0.2, 0.25) is 0 Å².